The molecule has 0 radical (unpaired) electrons. The maximum absolute atomic E-state index is 12.0. The topological polar surface area (TPSA) is 141 Å². The Morgan fingerprint density at radius 3 is 2.55 bits per heavy atom. The Balaban J connectivity index is 2.14. The number of amides is 1. The summed E-state index contributed by atoms with van der Waals surface area (Å²) in [6, 6.07) is -0.636. The second-order valence-electron chi connectivity index (χ2n) is 5.39. The molecule has 122 valence electrons. The van der Waals surface area contributed by atoms with E-state index in [2.05, 4.69) is 0 Å². The normalized spacial score (nSPS) is 26.5. The lowest BCUT2D eigenvalue weighted by atomic mass is 9.92. The Morgan fingerprint density at radius 1 is 1.41 bits per heavy atom. The summed E-state index contributed by atoms with van der Waals surface area (Å²) in [5, 5.41) is 27.1. The number of nitrogens with zero attached hydrogens (tertiary/aromatic N) is 1. The molecule has 22 heavy (non-hydrogen) atoms. The number of thioether (sulfide) groups is 1. The van der Waals surface area contributed by atoms with Gasteiger partial charge in [0, 0.05) is 17.4 Å². The fourth-order valence-electron chi connectivity index (χ4n) is 2.67. The van der Waals surface area contributed by atoms with Crippen molar-refractivity contribution in [2.45, 2.75) is 43.7 Å². The van der Waals surface area contributed by atoms with Crippen LogP contribution in [0.4, 0.5) is 0 Å². The van der Waals surface area contributed by atoms with Crippen LogP contribution in [0, 0.1) is 5.92 Å². The quantitative estimate of drug-likeness (QED) is 0.469. The number of aliphatic carboxylic acids is 2. The molecule has 0 spiro atoms. The van der Waals surface area contributed by atoms with Crippen molar-refractivity contribution >= 4 is 29.6 Å². The third-order valence-corrected chi connectivity index (χ3v) is 5.27. The minimum absolute atomic E-state index is 0.0452. The zero-order valence-electron chi connectivity index (χ0n) is 11.9. The number of hydrogen-bond acceptors (Lipinski definition) is 6. The fraction of sp³-hybridized carbons (Fsp3) is 0.615. The molecule has 0 aliphatic carbocycles. The lowest BCUT2D eigenvalue weighted by molar-refractivity contribution is -0.156. The molecule has 0 saturated carbocycles. The molecule has 2 rings (SSSR count). The Morgan fingerprint density at radius 2 is 2.05 bits per heavy atom. The highest BCUT2D eigenvalue weighted by Crippen LogP contribution is 2.51. The van der Waals surface area contributed by atoms with Crippen molar-refractivity contribution < 1.29 is 29.7 Å². The molecule has 1 saturated heterocycles. The van der Waals surface area contributed by atoms with E-state index in [1.165, 1.54) is 18.7 Å². The number of carbonyl (C=O) groups is 3. The van der Waals surface area contributed by atoms with Gasteiger partial charge in [0.15, 0.2) is 0 Å². The van der Waals surface area contributed by atoms with Crippen LogP contribution < -0.4 is 5.73 Å². The standard InChI is InChI=1S/C13H18N2O6S/c1-5(16)8-11(19)15-9(13(20)21)10(22-12(8)15)6(14)3-2-4-7(17)18/h5-6,8,12,16H,2-4,14H2,1H3,(H,17,18)(H,20,21)/t5?,6-,8+,12-/m1/s1. The maximum atomic E-state index is 12.0. The predicted octanol–water partition coefficient (Wildman–Crippen LogP) is -0.223. The SMILES string of the molecule is CC(O)[C@H]1C(=O)N2C(C(=O)O)=C([C@H](N)CCCC(=O)O)S[C@H]12. The third-order valence-electron chi connectivity index (χ3n) is 3.77. The molecule has 0 bridgehead atoms. The highest BCUT2D eigenvalue weighted by Gasteiger charge is 2.58. The number of aliphatic hydroxyl groups is 1. The number of carbonyl (C=O) groups excluding carboxylic acids is 1. The highest BCUT2D eigenvalue weighted by molar-refractivity contribution is 8.04. The molecule has 0 aromatic rings. The lowest BCUT2D eigenvalue weighted by Gasteiger charge is -2.43. The fourth-order valence-corrected chi connectivity index (χ4v) is 4.33. The van der Waals surface area contributed by atoms with E-state index in [9.17, 15) is 24.6 Å². The summed E-state index contributed by atoms with van der Waals surface area (Å²) in [7, 11) is 0. The van der Waals surface area contributed by atoms with Gasteiger partial charge in [-0.3, -0.25) is 14.5 Å². The molecule has 5 N–H and O–H groups in total. The lowest BCUT2D eigenvalue weighted by Crippen LogP contribution is -2.60. The molecule has 2 aliphatic rings. The smallest absolute Gasteiger partial charge is 0.353 e. The molecule has 2 heterocycles. The van der Waals surface area contributed by atoms with Crippen LogP contribution in [0.15, 0.2) is 10.6 Å². The van der Waals surface area contributed by atoms with Crippen LogP contribution in [0.1, 0.15) is 26.2 Å². The number of carboxylic acid groups (broad SMARTS) is 2. The van der Waals surface area contributed by atoms with Gasteiger partial charge in [0.1, 0.15) is 11.1 Å². The summed E-state index contributed by atoms with van der Waals surface area (Å²) in [6.45, 7) is 1.49. The Bertz CT molecular complexity index is 547. The molecule has 0 aromatic heterocycles. The van der Waals surface area contributed by atoms with Gasteiger partial charge in [-0.25, -0.2) is 4.79 Å². The minimum Gasteiger partial charge on any atom is -0.481 e. The number of carboxylic acids is 2. The molecule has 4 atom stereocenters. The zero-order chi connectivity index (χ0) is 16.6. The zero-order valence-corrected chi connectivity index (χ0v) is 12.7. The molecule has 1 unspecified atom stereocenters. The first-order chi connectivity index (χ1) is 10.3. The van der Waals surface area contributed by atoms with Crippen molar-refractivity contribution in [2.24, 2.45) is 11.7 Å². The number of aliphatic hydroxyl groups excluding tert-OH is 1. The Kier molecular flexibility index (Phi) is 4.78. The van der Waals surface area contributed by atoms with Gasteiger partial charge >= 0.3 is 11.9 Å². The van der Waals surface area contributed by atoms with Gasteiger partial charge in [-0.1, -0.05) is 11.8 Å². The van der Waals surface area contributed by atoms with E-state index in [0.717, 1.165) is 4.90 Å². The van der Waals surface area contributed by atoms with Crippen molar-refractivity contribution in [1.82, 2.24) is 4.90 Å². The van der Waals surface area contributed by atoms with Gasteiger partial charge in [-0.15, -0.1) is 0 Å². The van der Waals surface area contributed by atoms with Crippen LogP contribution in [0.25, 0.3) is 0 Å². The first-order valence-electron chi connectivity index (χ1n) is 6.88. The highest BCUT2D eigenvalue weighted by atomic mass is 32.2. The second kappa shape index (κ2) is 6.27. The number of rotatable bonds is 7. The van der Waals surface area contributed by atoms with Gasteiger partial charge in [0.25, 0.3) is 0 Å². The van der Waals surface area contributed by atoms with Crippen LogP contribution in [-0.4, -0.2) is 55.6 Å². The minimum atomic E-state index is -1.24. The van der Waals surface area contributed by atoms with E-state index >= 15 is 0 Å². The summed E-state index contributed by atoms with van der Waals surface area (Å²) in [5.74, 6) is -3.23. The van der Waals surface area contributed by atoms with Crippen LogP contribution in [0.5, 0.6) is 0 Å². The van der Waals surface area contributed by atoms with Gasteiger partial charge in [-0.05, 0) is 19.8 Å². The molecule has 9 heteroatoms. The van der Waals surface area contributed by atoms with Gasteiger partial charge in [0.05, 0.1) is 12.0 Å². The summed E-state index contributed by atoms with van der Waals surface area (Å²) in [5.41, 5.74) is 5.84. The van der Waals surface area contributed by atoms with Crippen molar-refractivity contribution in [3.8, 4) is 0 Å². The second-order valence-corrected chi connectivity index (χ2v) is 6.55. The van der Waals surface area contributed by atoms with Crippen molar-refractivity contribution in [3.05, 3.63) is 10.6 Å². The number of β-lactam (4-membered cyclic amide) rings is 1. The monoisotopic (exact) mass is 330 g/mol. The third kappa shape index (κ3) is 2.83. The van der Waals surface area contributed by atoms with Gasteiger partial charge < -0.3 is 21.1 Å². The summed E-state index contributed by atoms with van der Waals surface area (Å²) in [4.78, 5) is 35.5. The molecule has 0 aromatic carbocycles. The van der Waals surface area contributed by atoms with E-state index in [1.54, 1.807) is 0 Å². The molecule has 2 aliphatic heterocycles. The van der Waals surface area contributed by atoms with E-state index < -0.39 is 41.3 Å². The number of hydrogen-bond donors (Lipinski definition) is 4. The Labute approximate surface area is 131 Å². The van der Waals surface area contributed by atoms with Crippen LogP contribution in [0.3, 0.4) is 0 Å². The number of nitrogens with two attached hydrogens (primary N) is 1. The van der Waals surface area contributed by atoms with E-state index in [-0.39, 0.29) is 12.1 Å². The van der Waals surface area contributed by atoms with E-state index in [4.69, 9.17) is 10.8 Å². The maximum Gasteiger partial charge on any atom is 0.353 e. The molecule has 8 nitrogen and oxygen atoms in total. The van der Waals surface area contributed by atoms with Crippen molar-refractivity contribution in [3.63, 3.8) is 0 Å². The molecular formula is C13H18N2O6S. The van der Waals surface area contributed by atoms with Gasteiger partial charge in [0.2, 0.25) is 5.91 Å². The summed E-state index contributed by atoms with van der Waals surface area (Å²) in [6.07, 6.45) is -0.263. The van der Waals surface area contributed by atoms with E-state index in [1.807, 2.05) is 0 Å². The Hall–Kier alpha value is -1.58. The van der Waals surface area contributed by atoms with Crippen molar-refractivity contribution in [1.29, 1.82) is 0 Å². The molecule has 1 amide bonds. The number of fused-ring (bicyclic) bond motifs is 1. The largest absolute Gasteiger partial charge is 0.481 e. The summed E-state index contributed by atoms with van der Waals surface area (Å²) >= 11 is 1.18. The average molecular weight is 330 g/mol. The summed E-state index contributed by atoms with van der Waals surface area (Å²) < 4.78 is 0. The van der Waals surface area contributed by atoms with Crippen LogP contribution in [0.2, 0.25) is 0 Å². The molecule has 1 fully saturated rings. The van der Waals surface area contributed by atoms with Crippen LogP contribution in [-0.2, 0) is 14.4 Å². The average Bonchev–Trinajstić information content (AvgIpc) is 2.72. The first-order valence-corrected chi connectivity index (χ1v) is 7.76. The molecular weight excluding hydrogens is 312 g/mol. The first kappa shape index (κ1) is 16.8. The predicted molar refractivity (Wildman–Crippen MR) is 77.5 cm³/mol. The van der Waals surface area contributed by atoms with Crippen molar-refractivity contribution in [2.75, 3.05) is 0 Å². The van der Waals surface area contributed by atoms with E-state index in [0.29, 0.717) is 17.7 Å². The van der Waals surface area contributed by atoms with Gasteiger partial charge in [-0.2, -0.15) is 0 Å². The van der Waals surface area contributed by atoms with Crippen LogP contribution >= 0.6 is 11.8 Å².